The van der Waals surface area contributed by atoms with Crippen molar-refractivity contribution in [2.75, 3.05) is 0 Å². The molecule has 6 nitrogen and oxygen atoms in total. The van der Waals surface area contributed by atoms with E-state index < -0.39 is 0 Å². The zero-order valence-corrected chi connectivity index (χ0v) is 4.15. The van der Waals surface area contributed by atoms with Crippen LogP contribution in [0.1, 0.15) is 0 Å². The Kier molecular flexibility index (Phi) is 475000. The summed E-state index contributed by atoms with van der Waals surface area (Å²) in [7, 11) is 0. The molecule has 12 N–H and O–H groups in total. The summed E-state index contributed by atoms with van der Waals surface area (Å²) in [6, 6.07) is 0. The molecule has 0 heterocycles. The Labute approximate surface area is 53.2 Å². The van der Waals surface area contributed by atoms with Gasteiger partial charge in [-0.15, -0.1) is 0 Å². The van der Waals surface area contributed by atoms with Crippen molar-refractivity contribution in [1.82, 2.24) is 6.15 Å². The van der Waals surface area contributed by atoms with Crippen LogP contribution in [0.3, 0.4) is 0 Å². The van der Waals surface area contributed by atoms with Crippen LogP contribution in [0.2, 0.25) is 0 Å². The average molecular weight is 113 g/mol. The topological polar surface area (TPSA) is 191 Å². The van der Waals surface area contributed by atoms with E-state index in [0.717, 1.165) is 0 Å². The van der Waals surface area contributed by atoms with E-state index in [0.29, 0.717) is 0 Å². The largest absolute Gasteiger partial charge is 1.00 e. The van der Waals surface area contributed by atoms with Crippen LogP contribution < -0.4 is 25.0 Å². The van der Waals surface area contributed by atoms with Crippen molar-refractivity contribution in [2.24, 2.45) is 0 Å². The van der Waals surface area contributed by atoms with Crippen LogP contribution in [-0.4, -0.2) is 27.4 Å². The van der Waals surface area contributed by atoms with Gasteiger partial charge in [-0.3, -0.25) is 0 Å². The van der Waals surface area contributed by atoms with Crippen molar-refractivity contribution in [1.29, 1.82) is 0 Å². The summed E-state index contributed by atoms with van der Waals surface area (Å²) >= 11 is 0. The zero-order valence-electron chi connectivity index (χ0n) is 4.15. The first kappa shape index (κ1) is 2330. The maximum atomic E-state index is 0. The molecule has 0 unspecified atom stereocenters. The average Bonchev–Trinajstić information content (AvgIpc) is 0. The van der Waals surface area contributed by atoms with Crippen molar-refractivity contribution in [2.45, 2.75) is 0 Å². The summed E-state index contributed by atoms with van der Waals surface area (Å²) in [5.74, 6) is 0. The first-order valence-electron chi connectivity index (χ1n) is 0. The molecular formula is H12LiNO5. The minimum Gasteiger partial charge on any atom is -0.870 e. The van der Waals surface area contributed by atoms with Crippen LogP contribution in [0.15, 0.2) is 0 Å². The Hall–Kier alpha value is 0.357. The fourth-order valence-electron chi connectivity index (χ4n) is 0. The Morgan fingerprint density at radius 3 is 0.571 bits per heavy atom. The molecule has 0 aliphatic carbocycles. The number of rotatable bonds is 0. The fourth-order valence-corrected chi connectivity index (χ4v) is 0. The Morgan fingerprint density at radius 1 is 0.571 bits per heavy atom. The van der Waals surface area contributed by atoms with Gasteiger partial charge in [-0.2, -0.15) is 0 Å². The van der Waals surface area contributed by atoms with Gasteiger partial charge in [0.1, 0.15) is 0 Å². The molecule has 0 amide bonds. The van der Waals surface area contributed by atoms with Gasteiger partial charge in [-0.25, -0.2) is 0 Å². The third-order valence-electron chi connectivity index (χ3n) is 0. The Morgan fingerprint density at radius 2 is 0.571 bits per heavy atom. The van der Waals surface area contributed by atoms with Gasteiger partial charge in [0.15, 0.2) is 0 Å². The molecule has 0 saturated carbocycles. The second-order valence-electron chi connectivity index (χ2n) is 0. The first-order chi connectivity index (χ1) is 0. The van der Waals surface area contributed by atoms with Crippen molar-refractivity contribution < 1.29 is 46.2 Å². The van der Waals surface area contributed by atoms with E-state index >= 15 is 0 Å². The van der Waals surface area contributed by atoms with Crippen LogP contribution in [0, 0.1) is 0 Å². The molecule has 7 heavy (non-hydrogen) atoms. The third-order valence-corrected chi connectivity index (χ3v) is 0. The van der Waals surface area contributed by atoms with Crippen molar-refractivity contribution in [3.63, 3.8) is 0 Å². The quantitative estimate of drug-likeness (QED) is 0.305. The molecular weight excluding hydrogens is 101 g/mol. The van der Waals surface area contributed by atoms with Gasteiger partial charge in [-0.1, -0.05) is 0 Å². The number of hydrogen-bond acceptors (Lipinski definition) is 2. The van der Waals surface area contributed by atoms with E-state index in [1.807, 2.05) is 0 Å². The Bertz CT molecular complexity index is 8.04. The molecule has 0 radical (unpaired) electrons. The number of hydrogen-bond donors (Lipinski definition) is 1. The fraction of sp³-hybridized carbons (Fsp3) is 0. The summed E-state index contributed by atoms with van der Waals surface area (Å²) in [4.78, 5) is 0. The minimum atomic E-state index is 0. The van der Waals surface area contributed by atoms with Gasteiger partial charge in [0.25, 0.3) is 0 Å². The SMILES string of the molecule is N.O.O.O.O.[Li+].[OH-]. The summed E-state index contributed by atoms with van der Waals surface area (Å²) < 4.78 is 0. The molecule has 0 aromatic rings. The van der Waals surface area contributed by atoms with Crippen molar-refractivity contribution >= 4 is 0 Å². The second-order valence-corrected chi connectivity index (χ2v) is 0. The summed E-state index contributed by atoms with van der Waals surface area (Å²) in [6.45, 7) is 0. The van der Waals surface area contributed by atoms with Gasteiger partial charge in [0.05, 0.1) is 0 Å². The molecule has 0 aliphatic heterocycles. The van der Waals surface area contributed by atoms with E-state index in [9.17, 15) is 0 Å². The standard InChI is InChI=1S/Li.H3N.5H2O/h;1H3;5*1H2/q+1;;;;;;/p-1. The van der Waals surface area contributed by atoms with Crippen LogP contribution in [-0.2, 0) is 0 Å². The van der Waals surface area contributed by atoms with Crippen LogP contribution >= 0.6 is 0 Å². The molecule has 0 aromatic carbocycles. The predicted molar refractivity (Wildman–Crippen MR) is 21.4 cm³/mol. The molecule has 0 fully saturated rings. The van der Waals surface area contributed by atoms with Crippen LogP contribution in [0.4, 0.5) is 0 Å². The van der Waals surface area contributed by atoms with Gasteiger partial charge in [0.2, 0.25) is 0 Å². The molecule has 0 bridgehead atoms. The molecule has 7 heteroatoms. The van der Waals surface area contributed by atoms with E-state index in [2.05, 4.69) is 0 Å². The summed E-state index contributed by atoms with van der Waals surface area (Å²) in [6.07, 6.45) is 0. The van der Waals surface area contributed by atoms with Gasteiger partial charge in [-0.05, 0) is 0 Å². The van der Waals surface area contributed by atoms with Crippen molar-refractivity contribution in [3.05, 3.63) is 0 Å². The van der Waals surface area contributed by atoms with E-state index in [-0.39, 0.29) is 52.4 Å². The summed E-state index contributed by atoms with van der Waals surface area (Å²) in [5.41, 5.74) is 0. The molecule has 0 aliphatic rings. The normalized spacial score (nSPS) is 0. The van der Waals surface area contributed by atoms with E-state index in [4.69, 9.17) is 0 Å². The van der Waals surface area contributed by atoms with Crippen LogP contribution in [0.25, 0.3) is 0 Å². The first-order valence-corrected chi connectivity index (χ1v) is 0. The van der Waals surface area contributed by atoms with E-state index in [1.54, 1.807) is 0 Å². The molecule has 48 valence electrons. The maximum absolute atomic E-state index is 0. The third kappa shape index (κ3) is 945. The zero-order chi connectivity index (χ0) is 0. The van der Waals surface area contributed by atoms with Gasteiger partial charge >= 0.3 is 18.9 Å². The van der Waals surface area contributed by atoms with Crippen molar-refractivity contribution in [3.8, 4) is 0 Å². The van der Waals surface area contributed by atoms with E-state index in [1.165, 1.54) is 0 Å². The molecule has 0 aromatic heterocycles. The minimum absolute atomic E-state index is 0. The van der Waals surface area contributed by atoms with Gasteiger partial charge in [0, 0.05) is 0 Å². The molecule has 0 spiro atoms. The predicted octanol–water partition coefficient (Wildman–Crippen LogP) is -6.31. The second kappa shape index (κ2) is 1430. The molecule has 0 rings (SSSR count). The smallest absolute Gasteiger partial charge is 0.870 e. The maximum Gasteiger partial charge on any atom is 1.00 e. The van der Waals surface area contributed by atoms with Gasteiger partial charge < -0.3 is 33.5 Å². The summed E-state index contributed by atoms with van der Waals surface area (Å²) in [5, 5.41) is 0. The molecule has 0 atom stereocenters. The monoisotopic (exact) mass is 113 g/mol. The van der Waals surface area contributed by atoms with Crippen LogP contribution in [0.5, 0.6) is 0 Å². The molecule has 0 saturated heterocycles. The Balaban J connectivity index is 0.